The van der Waals surface area contributed by atoms with Gasteiger partial charge in [-0.2, -0.15) is 0 Å². The van der Waals surface area contributed by atoms with Gasteiger partial charge < -0.3 is 9.64 Å². The van der Waals surface area contributed by atoms with Crippen molar-refractivity contribution < 1.29 is 9.53 Å². The summed E-state index contributed by atoms with van der Waals surface area (Å²) in [6.07, 6.45) is 7.48. The molecule has 3 heterocycles. The number of amides is 1. The van der Waals surface area contributed by atoms with Crippen LogP contribution >= 0.6 is 11.6 Å². The lowest BCUT2D eigenvalue weighted by Crippen LogP contribution is -2.46. The smallest absolute Gasteiger partial charge is 0.229 e. The van der Waals surface area contributed by atoms with E-state index in [1.54, 1.807) is 12.4 Å². The second-order valence-corrected chi connectivity index (χ2v) is 6.81. The molecule has 0 unspecified atom stereocenters. The molecule has 1 saturated heterocycles. The summed E-state index contributed by atoms with van der Waals surface area (Å²) in [5, 5.41) is 0.543. The molecule has 1 aromatic rings. The molecule has 0 N–H and O–H groups in total. The molecule has 5 heteroatoms. The summed E-state index contributed by atoms with van der Waals surface area (Å²) in [6.45, 7) is 2.75. The van der Waals surface area contributed by atoms with Crippen LogP contribution in [0.4, 0.5) is 0 Å². The molecule has 1 saturated carbocycles. The van der Waals surface area contributed by atoms with Gasteiger partial charge in [-0.1, -0.05) is 24.9 Å². The molecule has 2 aliphatic heterocycles. The van der Waals surface area contributed by atoms with E-state index < -0.39 is 0 Å². The molecule has 2 fully saturated rings. The van der Waals surface area contributed by atoms with Crippen LogP contribution in [0.1, 0.15) is 44.2 Å². The Kier molecular flexibility index (Phi) is 2.56. The molecule has 2 atom stereocenters. The average Bonchev–Trinajstić information content (AvgIpc) is 2.75. The predicted octanol–water partition coefficient (Wildman–Crippen LogP) is 2.96. The lowest BCUT2D eigenvalue weighted by molar-refractivity contribution is -0.147. The zero-order chi connectivity index (χ0) is 13.9. The summed E-state index contributed by atoms with van der Waals surface area (Å²) in [5.74, 6) is 0.990. The molecule has 106 valence electrons. The van der Waals surface area contributed by atoms with Gasteiger partial charge in [0.1, 0.15) is 16.9 Å². The second-order valence-electron chi connectivity index (χ2n) is 6.40. The highest BCUT2D eigenvalue weighted by Crippen LogP contribution is 2.49. The lowest BCUT2D eigenvalue weighted by atomic mass is 9.69. The Labute approximate surface area is 123 Å². The maximum atomic E-state index is 12.8. The van der Waals surface area contributed by atoms with Crippen molar-refractivity contribution in [2.24, 2.45) is 5.41 Å². The maximum Gasteiger partial charge on any atom is 0.229 e. The summed E-state index contributed by atoms with van der Waals surface area (Å²) < 4.78 is 5.93. The van der Waals surface area contributed by atoms with E-state index in [1.807, 2.05) is 4.90 Å². The minimum Gasteiger partial charge on any atom is -0.486 e. The number of aromatic nitrogens is 1. The highest BCUT2D eigenvalue weighted by Gasteiger charge is 2.49. The first kappa shape index (κ1) is 12.5. The van der Waals surface area contributed by atoms with Crippen molar-refractivity contribution in [3.05, 3.63) is 23.0 Å². The van der Waals surface area contributed by atoms with E-state index in [4.69, 9.17) is 16.3 Å². The SMILES string of the molecule is CC1(C(=O)N2C[C@@H]3C[C@H]2c2cncc(Cl)c2O3)CCC1. The Morgan fingerprint density at radius 1 is 1.50 bits per heavy atom. The molecule has 0 aromatic carbocycles. The fraction of sp³-hybridized carbons (Fsp3) is 0.600. The molecule has 0 spiro atoms. The van der Waals surface area contributed by atoms with Crippen molar-refractivity contribution >= 4 is 17.5 Å². The van der Waals surface area contributed by atoms with E-state index in [0.717, 1.165) is 37.0 Å². The molecule has 4 nitrogen and oxygen atoms in total. The number of nitrogens with zero attached hydrogens (tertiary/aromatic N) is 2. The largest absolute Gasteiger partial charge is 0.486 e. The fourth-order valence-electron chi connectivity index (χ4n) is 3.64. The molecule has 1 amide bonds. The second kappa shape index (κ2) is 4.10. The highest BCUT2D eigenvalue weighted by atomic mass is 35.5. The first-order valence-electron chi connectivity index (χ1n) is 7.20. The van der Waals surface area contributed by atoms with Gasteiger partial charge in [0.25, 0.3) is 0 Å². The van der Waals surface area contributed by atoms with Gasteiger partial charge in [-0.25, -0.2) is 0 Å². The van der Waals surface area contributed by atoms with Crippen molar-refractivity contribution in [2.75, 3.05) is 6.54 Å². The Hall–Kier alpha value is -1.29. The molecule has 1 aromatic heterocycles. The summed E-state index contributed by atoms with van der Waals surface area (Å²) in [4.78, 5) is 19.0. The van der Waals surface area contributed by atoms with Gasteiger partial charge in [0.15, 0.2) is 0 Å². The molecule has 3 aliphatic rings. The van der Waals surface area contributed by atoms with Crippen LogP contribution in [0.2, 0.25) is 5.02 Å². The summed E-state index contributed by atoms with van der Waals surface area (Å²) in [5.41, 5.74) is 0.798. The number of halogens is 1. The van der Waals surface area contributed by atoms with E-state index in [1.165, 1.54) is 0 Å². The predicted molar refractivity (Wildman–Crippen MR) is 74.7 cm³/mol. The zero-order valence-electron chi connectivity index (χ0n) is 11.4. The van der Waals surface area contributed by atoms with E-state index in [0.29, 0.717) is 11.6 Å². The van der Waals surface area contributed by atoms with E-state index >= 15 is 0 Å². The minimum atomic E-state index is -0.163. The number of ether oxygens (including phenoxy) is 1. The van der Waals surface area contributed by atoms with Crippen LogP contribution in [0.5, 0.6) is 5.75 Å². The fourth-order valence-corrected chi connectivity index (χ4v) is 3.85. The number of fused-ring (bicyclic) bond motifs is 4. The Morgan fingerprint density at radius 2 is 2.30 bits per heavy atom. The lowest BCUT2D eigenvalue weighted by Gasteiger charge is -2.41. The first-order chi connectivity index (χ1) is 9.58. The van der Waals surface area contributed by atoms with Gasteiger partial charge in [-0.3, -0.25) is 9.78 Å². The monoisotopic (exact) mass is 292 g/mol. The number of hydrogen-bond acceptors (Lipinski definition) is 3. The van der Waals surface area contributed by atoms with Crippen molar-refractivity contribution in [1.29, 1.82) is 0 Å². The Morgan fingerprint density at radius 3 is 3.00 bits per heavy atom. The van der Waals surface area contributed by atoms with Gasteiger partial charge in [0.2, 0.25) is 5.91 Å². The number of rotatable bonds is 1. The van der Waals surface area contributed by atoms with E-state index in [9.17, 15) is 4.79 Å². The van der Waals surface area contributed by atoms with Crippen LogP contribution in [-0.4, -0.2) is 28.4 Å². The number of hydrogen-bond donors (Lipinski definition) is 0. The number of carbonyl (C=O) groups is 1. The molecule has 20 heavy (non-hydrogen) atoms. The summed E-state index contributed by atoms with van der Waals surface area (Å²) in [7, 11) is 0. The number of likely N-dealkylation sites (tertiary alicyclic amines) is 1. The quantitative estimate of drug-likeness (QED) is 0.799. The normalized spacial score (nSPS) is 29.4. The molecular weight excluding hydrogens is 276 g/mol. The van der Waals surface area contributed by atoms with Gasteiger partial charge in [-0.05, 0) is 12.8 Å². The Bertz CT molecular complexity index is 585. The van der Waals surface area contributed by atoms with Crippen molar-refractivity contribution in [2.45, 2.75) is 44.8 Å². The summed E-state index contributed by atoms with van der Waals surface area (Å²) >= 11 is 6.17. The van der Waals surface area contributed by atoms with Gasteiger partial charge in [-0.15, -0.1) is 0 Å². The molecule has 2 bridgehead atoms. The molecule has 1 aliphatic carbocycles. The first-order valence-corrected chi connectivity index (χ1v) is 7.57. The van der Waals surface area contributed by atoms with E-state index in [-0.39, 0.29) is 23.5 Å². The van der Waals surface area contributed by atoms with Crippen molar-refractivity contribution in [1.82, 2.24) is 9.88 Å². The van der Waals surface area contributed by atoms with Gasteiger partial charge in [0, 0.05) is 29.8 Å². The van der Waals surface area contributed by atoms with Crippen LogP contribution in [-0.2, 0) is 4.79 Å². The maximum absolute atomic E-state index is 12.8. The van der Waals surface area contributed by atoms with Crippen LogP contribution in [0, 0.1) is 5.41 Å². The topological polar surface area (TPSA) is 42.4 Å². The highest BCUT2D eigenvalue weighted by molar-refractivity contribution is 6.32. The van der Waals surface area contributed by atoms with E-state index in [2.05, 4.69) is 11.9 Å². The van der Waals surface area contributed by atoms with Gasteiger partial charge >= 0.3 is 0 Å². The minimum absolute atomic E-state index is 0.0695. The van der Waals surface area contributed by atoms with Crippen LogP contribution in [0.3, 0.4) is 0 Å². The van der Waals surface area contributed by atoms with Crippen molar-refractivity contribution in [3.63, 3.8) is 0 Å². The third-order valence-corrected chi connectivity index (χ3v) is 5.29. The standard InChI is InChI=1S/C15H17ClN2O2/c1-15(3-2-4-15)14(19)18-8-9-5-12(18)10-6-17-7-11(16)13(10)20-9/h6-7,9,12H,2-5,8H2,1H3/t9-,12-/m0/s1. The zero-order valence-corrected chi connectivity index (χ0v) is 12.2. The van der Waals surface area contributed by atoms with Crippen LogP contribution < -0.4 is 4.74 Å². The Balaban J connectivity index is 1.70. The number of pyridine rings is 1. The van der Waals surface area contributed by atoms with Crippen LogP contribution in [0.15, 0.2) is 12.4 Å². The third kappa shape index (κ3) is 1.60. The summed E-state index contributed by atoms with van der Waals surface area (Å²) in [6, 6.07) is 0.0832. The number of carbonyl (C=O) groups excluding carboxylic acids is 1. The van der Waals surface area contributed by atoms with Gasteiger partial charge in [0.05, 0.1) is 12.6 Å². The molecule has 4 rings (SSSR count). The van der Waals surface area contributed by atoms with Crippen LogP contribution in [0.25, 0.3) is 0 Å². The molecule has 0 radical (unpaired) electrons. The third-order valence-electron chi connectivity index (χ3n) is 5.02. The average molecular weight is 293 g/mol. The molecular formula is C15H17ClN2O2. The van der Waals surface area contributed by atoms with Crippen molar-refractivity contribution in [3.8, 4) is 5.75 Å².